The number of likely N-dealkylation sites (tertiary alicyclic amines) is 1. The van der Waals surface area contributed by atoms with Crippen LogP contribution in [-0.2, 0) is 16.0 Å². The van der Waals surface area contributed by atoms with Gasteiger partial charge in [-0.2, -0.15) is 0 Å². The lowest BCUT2D eigenvalue weighted by molar-refractivity contribution is -0.128. The zero-order chi connectivity index (χ0) is 19.2. The van der Waals surface area contributed by atoms with Gasteiger partial charge in [-0.3, -0.25) is 9.59 Å². The summed E-state index contributed by atoms with van der Waals surface area (Å²) < 4.78 is 10.3. The molecule has 2 aromatic carbocycles. The third-order valence-corrected chi connectivity index (χ3v) is 4.75. The van der Waals surface area contributed by atoms with Gasteiger partial charge in [-0.05, 0) is 36.2 Å². The zero-order valence-electron chi connectivity index (χ0n) is 15.6. The Morgan fingerprint density at radius 1 is 1.11 bits per heavy atom. The Balaban J connectivity index is 1.53. The van der Waals surface area contributed by atoms with Crippen molar-refractivity contribution in [1.29, 1.82) is 0 Å². The van der Waals surface area contributed by atoms with E-state index in [-0.39, 0.29) is 24.2 Å². The van der Waals surface area contributed by atoms with E-state index in [9.17, 15) is 9.59 Å². The lowest BCUT2D eigenvalue weighted by Crippen LogP contribution is -2.30. The van der Waals surface area contributed by atoms with Crippen LogP contribution in [0.2, 0.25) is 0 Å². The molecule has 0 saturated carbocycles. The van der Waals surface area contributed by atoms with E-state index in [0.29, 0.717) is 24.5 Å². The average Bonchev–Trinajstić information content (AvgIpc) is 3.07. The zero-order valence-corrected chi connectivity index (χ0v) is 15.6. The molecule has 6 nitrogen and oxygen atoms in total. The Morgan fingerprint density at radius 3 is 2.56 bits per heavy atom. The molecule has 0 aromatic heterocycles. The van der Waals surface area contributed by atoms with E-state index in [4.69, 9.17) is 9.47 Å². The van der Waals surface area contributed by atoms with Gasteiger partial charge in [-0.25, -0.2) is 0 Å². The highest BCUT2D eigenvalue weighted by Crippen LogP contribution is 2.22. The number of carbonyl (C=O) groups excluding carboxylic acids is 2. The molecule has 6 heteroatoms. The molecule has 1 fully saturated rings. The summed E-state index contributed by atoms with van der Waals surface area (Å²) in [5.74, 6) is 1.04. The minimum atomic E-state index is -0.334. The molecular weight excluding hydrogens is 344 g/mol. The summed E-state index contributed by atoms with van der Waals surface area (Å²) in [5.41, 5.74) is 1.80. The van der Waals surface area contributed by atoms with Gasteiger partial charge in [-0.1, -0.05) is 18.2 Å². The summed E-state index contributed by atoms with van der Waals surface area (Å²) in [7, 11) is 3.21. The fourth-order valence-corrected chi connectivity index (χ4v) is 3.17. The van der Waals surface area contributed by atoms with Gasteiger partial charge in [0.15, 0.2) is 0 Å². The summed E-state index contributed by atoms with van der Waals surface area (Å²) >= 11 is 0. The minimum absolute atomic E-state index is 0.0225. The van der Waals surface area contributed by atoms with Crippen LogP contribution >= 0.6 is 0 Å². The Morgan fingerprint density at radius 2 is 1.85 bits per heavy atom. The molecule has 1 N–H and O–H groups in total. The molecule has 1 aliphatic rings. The topological polar surface area (TPSA) is 67.9 Å². The molecule has 2 aromatic rings. The van der Waals surface area contributed by atoms with E-state index in [1.54, 1.807) is 31.3 Å². The number of hydrogen-bond donors (Lipinski definition) is 1. The normalized spacial score (nSPS) is 16.3. The Bertz CT molecular complexity index is 804. The van der Waals surface area contributed by atoms with Crippen LogP contribution in [0.25, 0.3) is 0 Å². The number of benzene rings is 2. The van der Waals surface area contributed by atoms with Gasteiger partial charge in [-0.15, -0.1) is 0 Å². The van der Waals surface area contributed by atoms with Crippen molar-refractivity contribution in [3.8, 4) is 11.5 Å². The molecule has 2 amide bonds. The average molecular weight is 368 g/mol. The molecule has 0 spiro atoms. The number of ether oxygens (including phenoxy) is 2. The van der Waals surface area contributed by atoms with E-state index in [2.05, 4.69) is 5.32 Å². The Hall–Kier alpha value is -3.02. The Kier molecular flexibility index (Phi) is 5.96. The first-order valence-electron chi connectivity index (χ1n) is 8.94. The highest BCUT2D eigenvalue weighted by Gasteiger charge is 2.34. The molecule has 0 radical (unpaired) electrons. The van der Waals surface area contributed by atoms with Gasteiger partial charge in [0, 0.05) is 31.3 Å². The minimum Gasteiger partial charge on any atom is -0.497 e. The van der Waals surface area contributed by atoms with E-state index in [1.807, 2.05) is 36.4 Å². The van der Waals surface area contributed by atoms with Crippen LogP contribution in [0, 0.1) is 5.92 Å². The SMILES string of the molecule is COc1ccc(CCN2CC(C(=O)Nc3cccc(OC)c3)CC2=O)cc1. The van der Waals surface area contributed by atoms with Gasteiger partial charge in [0.05, 0.1) is 20.1 Å². The third kappa shape index (κ3) is 4.78. The Labute approximate surface area is 159 Å². The van der Waals surface area contributed by atoms with Crippen LogP contribution in [0.1, 0.15) is 12.0 Å². The maximum Gasteiger partial charge on any atom is 0.229 e. The molecule has 142 valence electrons. The first-order chi connectivity index (χ1) is 13.1. The van der Waals surface area contributed by atoms with Crippen LogP contribution < -0.4 is 14.8 Å². The second-order valence-corrected chi connectivity index (χ2v) is 6.56. The van der Waals surface area contributed by atoms with Crippen LogP contribution in [0.15, 0.2) is 48.5 Å². The fourth-order valence-electron chi connectivity index (χ4n) is 3.17. The fraction of sp³-hybridized carbons (Fsp3) is 0.333. The molecule has 1 atom stereocenters. The van der Waals surface area contributed by atoms with Crippen molar-refractivity contribution >= 4 is 17.5 Å². The van der Waals surface area contributed by atoms with Crippen molar-refractivity contribution in [1.82, 2.24) is 4.90 Å². The van der Waals surface area contributed by atoms with Gasteiger partial charge in [0.2, 0.25) is 11.8 Å². The van der Waals surface area contributed by atoms with E-state index in [0.717, 1.165) is 17.7 Å². The summed E-state index contributed by atoms with van der Waals surface area (Å²) in [5, 5.41) is 2.87. The number of carbonyl (C=O) groups is 2. The van der Waals surface area contributed by atoms with Crippen molar-refractivity contribution < 1.29 is 19.1 Å². The molecular formula is C21H24N2O4. The van der Waals surface area contributed by atoms with Crippen molar-refractivity contribution in [3.63, 3.8) is 0 Å². The predicted molar refractivity (Wildman–Crippen MR) is 103 cm³/mol. The van der Waals surface area contributed by atoms with Gasteiger partial charge < -0.3 is 19.7 Å². The monoisotopic (exact) mass is 368 g/mol. The van der Waals surface area contributed by atoms with Gasteiger partial charge in [0.1, 0.15) is 11.5 Å². The second-order valence-electron chi connectivity index (χ2n) is 6.56. The number of nitrogens with zero attached hydrogens (tertiary/aromatic N) is 1. The highest BCUT2D eigenvalue weighted by molar-refractivity contribution is 5.97. The summed E-state index contributed by atoms with van der Waals surface area (Å²) in [6.07, 6.45) is 0.998. The summed E-state index contributed by atoms with van der Waals surface area (Å²) in [6, 6.07) is 15.0. The lowest BCUT2D eigenvalue weighted by atomic mass is 10.1. The molecule has 1 saturated heterocycles. The number of rotatable bonds is 7. The predicted octanol–water partition coefficient (Wildman–Crippen LogP) is 2.73. The largest absolute Gasteiger partial charge is 0.497 e. The number of nitrogens with one attached hydrogen (secondary N) is 1. The van der Waals surface area contributed by atoms with E-state index in [1.165, 1.54) is 0 Å². The molecule has 0 aliphatic carbocycles. The van der Waals surface area contributed by atoms with Crippen molar-refractivity contribution in [2.75, 3.05) is 32.6 Å². The second kappa shape index (κ2) is 8.58. The van der Waals surface area contributed by atoms with Crippen LogP contribution in [0.5, 0.6) is 11.5 Å². The molecule has 1 unspecified atom stereocenters. The maximum absolute atomic E-state index is 12.5. The molecule has 1 heterocycles. The van der Waals surface area contributed by atoms with Gasteiger partial charge >= 0.3 is 0 Å². The van der Waals surface area contributed by atoms with Crippen molar-refractivity contribution in [2.45, 2.75) is 12.8 Å². The lowest BCUT2D eigenvalue weighted by Gasteiger charge is -2.17. The number of amides is 2. The van der Waals surface area contributed by atoms with Crippen molar-refractivity contribution in [3.05, 3.63) is 54.1 Å². The maximum atomic E-state index is 12.5. The third-order valence-electron chi connectivity index (χ3n) is 4.75. The smallest absolute Gasteiger partial charge is 0.229 e. The van der Waals surface area contributed by atoms with Crippen molar-refractivity contribution in [2.24, 2.45) is 5.92 Å². The number of methoxy groups -OCH3 is 2. The first-order valence-corrected chi connectivity index (χ1v) is 8.94. The number of hydrogen-bond acceptors (Lipinski definition) is 4. The van der Waals surface area contributed by atoms with Crippen LogP contribution in [0.4, 0.5) is 5.69 Å². The van der Waals surface area contributed by atoms with E-state index < -0.39 is 0 Å². The molecule has 3 rings (SSSR count). The molecule has 1 aliphatic heterocycles. The van der Waals surface area contributed by atoms with Crippen LogP contribution in [0.3, 0.4) is 0 Å². The quantitative estimate of drug-likeness (QED) is 0.816. The highest BCUT2D eigenvalue weighted by atomic mass is 16.5. The van der Waals surface area contributed by atoms with E-state index >= 15 is 0 Å². The van der Waals surface area contributed by atoms with Crippen LogP contribution in [-0.4, -0.2) is 44.0 Å². The standard InChI is InChI=1S/C21H24N2O4/c1-26-18-8-6-15(7-9-18)10-11-23-14-16(12-20(23)24)21(25)22-17-4-3-5-19(13-17)27-2/h3-9,13,16H,10-12,14H2,1-2H3,(H,22,25). The number of anilines is 1. The van der Waals surface area contributed by atoms with Gasteiger partial charge in [0.25, 0.3) is 0 Å². The first kappa shape index (κ1) is 18.8. The summed E-state index contributed by atoms with van der Waals surface area (Å²) in [6.45, 7) is 1.05. The molecule has 27 heavy (non-hydrogen) atoms. The summed E-state index contributed by atoms with van der Waals surface area (Å²) in [4.78, 5) is 26.5. The molecule has 0 bridgehead atoms.